The van der Waals surface area contributed by atoms with E-state index in [0.717, 1.165) is 16.2 Å². The summed E-state index contributed by atoms with van der Waals surface area (Å²) in [5.41, 5.74) is 3.13. The highest BCUT2D eigenvalue weighted by Gasteiger charge is 2.36. The van der Waals surface area contributed by atoms with Crippen molar-refractivity contribution >= 4 is 34.7 Å². The number of imide groups is 1. The smallest absolute Gasteiger partial charge is 0.277 e. The molecule has 0 spiro atoms. The molecule has 0 bridgehead atoms. The normalized spacial score (nSPS) is 14.7. The topological polar surface area (TPSA) is 49.4 Å². The third-order valence-electron chi connectivity index (χ3n) is 3.71. The molecule has 0 aromatic heterocycles. The third-order valence-corrected chi connectivity index (χ3v) is 3.96. The number of nitrogens with one attached hydrogen (secondary N) is 1. The average molecular weight is 327 g/mol. The van der Waals surface area contributed by atoms with Gasteiger partial charge in [0.25, 0.3) is 11.8 Å². The molecule has 116 valence electrons. The van der Waals surface area contributed by atoms with Gasteiger partial charge < -0.3 is 5.32 Å². The van der Waals surface area contributed by atoms with Crippen LogP contribution in [0.1, 0.15) is 11.1 Å². The van der Waals surface area contributed by atoms with E-state index in [1.807, 2.05) is 31.2 Å². The maximum atomic E-state index is 12.4. The minimum absolute atomic E-state index is 0.283. The Hall–Kier alpha value is -2.59. The van der Waals surface area contributed by atoms with Crippen LogP contribution in [0.2, 0.25) is 5.02 Å². The summed E-state index contributed by atoms with van der Waals surface area (Å²) in [6.45, 7) is 1.97. The molecule has 2 amide bonds. The number of aryl methyl sites for hydroxylation is 1. The van der Waals surface area contributed by atoms with Crippen molar-refractivity contribution < 1.29 is 9.59 Å². The van der Waals surface area contributed by atoms with Gasteiger partial charge in [-0.1, -0.05) is 35.9 Å². The highest BCUT2D eigenvalue weighted by atomic mass is 35.5. The maximum absolute atomic E-state index is 12.4. The Morgan fingerprint density at radius 1 is 1.00 bits per heavy atom. The molecule has 3 rings (SSSR count). The Balaban J connectivity index is 2.08. The molecule has 2 aromatic carbocycles. The van der Waals surface area contributed by atoms with Crippen LogP contribution in [0.4, 0.5) is 5.69 Å². The zero-order valence-corrected chi connectivity index (χ0v) is 13.5. The third kappa shape index (κ3) is 2.85. The molecule has 4 nitrogen and oxygen atoms in total. The standard InChI is InChI=1S/C18H15ClN2O2/c1-11-4-3-5-14(10-11)20-16-15(17(22)21(2)18(16)23)12-6-8-13(19)9-7-12/h3-10,20H,1-2H3. The van der Waals surface area contributed by atoms with Crippen molar-refractivity contribution in [1.82, 2.24) is 4.90 Å². The number of hydrogen-bond acceptors (Lipinski definition) is 3. The number of rotatable bonds is 3. The van der Waals surface area contributed by atoms with Crippen LogP contribution in [0.5, 0.6) is 0 Å². The fraction of sp³-hybridized carbons (Fsp3) is 0.111. The van der Waals surface area contributed by atoms with Crippen LogP contribution in [0, 0.1) is 6.92 Å². The lowest BCUT2D eigenvalue weighted by molar-refractivity contribution is -0.135. The highest BCUT2D eigenvalue weighted by molar-refractivity contribution is 6.36. The van der Waals surface area contributed by atoms with E-state index >= 15 is 0 Å². The Morgan fingerprint density at radius 3 is 2.35 bits per heavy atom. The number of benzene rings is 2. The first-order valence-electron chi connectivity index (χ1n) is 7.13. The minimum atomic E-state index is -0.346. The Bertz CT molecular complexity index is 825. The average Bonchev–Trinajstić information content (AvgIpc) is 2.73. The van der Waals surface area contributed by atoms with E-state index in [0.29, 0.717) is 16.2 Å². The van der Waals surface area contributed by atoms with Crippen LogP contribution in [0.25, 0.3) is 5.57 Å². The molecular weight excluding hydrogens is 312 g/mol. The molecular formula is C18H15ClN2O2. The lowest BCUT2D eigenvalue weighted by atomic mass is 10.0. The van der Waals surface area contributed by atoms with Crippen LogP contribution in [0.15, 0.2) is 54.2 Å². The van der Waals surface area contributed by atoms with Gasteiger partial charge in [0.05, 0.1) is 5.57 Å². The van der Waals surface area contributed by atoms with Crippen molar-refractivity contribution in [3.05, 3.63) is 70.4 Å². The van der Waals surface area contributed by atoms with Gasteiger partial charge in [0.2, 0.25) is 0 Å². The summed E-state index contributed by atoms with van der Waals surface area (Å²) in [4.78, 5) is 26.0. The van der Waals surface area contributed by atoms with Gasteiger partial charge in [-0.2, -0.15) is 0 Å². The second kappa shape index (κ2) is 5.89. The predicted octanol–water partition coefficient (Wildman–Crippen LogP) is 3.47. The van der Waals surface area contributed by atoms with E-state index in [1.54, 1.807) is 24.3 Å². The van der Waals surface area contributed by atoms with Crippen LogP contribution in [-0.4, -0.2) is 23.8 Å². The molecule has 0 radical (unpaired) electrons. The summed E-state index contributed by atoms with van der Waals surface area (Å²) < 4.78 is 0. The lowest BCUT2D eigenvalue weighted by Crippen LogP contribution is -2.27. The molecule has 1 aliphatic rings. The van der Waals surface area contributed by atoms with E-state index in [4.69, 9.17) is 11.6 Å². The van der Waals surface area contributed by atoms with Crippen molar-refractivity contribution in [3.63, 3.8) is 0 Å². The molecule has 23 heavy (non-hydrogen) atoms. The van der Waals surface area contributed by atoms with Gasteiger partial charge in [0.1, 0.15) is 5.70 Å². The van der Waals surface area contributed by atoms with Gasteiger partial charge in [-0.15, -0.1) is 0 Å². The van der Waals surface area contributed by atoms with Crippen LogP contribution in [0.3, 0.4) is 0 Å². The molecule has 1 N–H and O–H groups in total. The van der Waals surface area contributed by atoms with Crippen molar-refractivity contribution in [2.45, 2.75) is 6.92 Å². The first-order chi connectivity index (χ1) is 11.0. The number of carbonyl (C=O) groups is 2. The number of halogens is 1. The molecule has 5 heteroatoms. The fourth-order valence-corrected chi connectivity index (χ4v) is 2.63. The molecule has 0 atom stereocenters. The molecule has 2 aromatic rings. The molecule has 0 unspecified atom stereocenters. The number of anilines is 1. The van der Waals surface area contributed by atoms with E-state index in [-0.39, 0.29) is 17.5 Å². The molecule has 0 aliphatic carbocycles. The van der Waals surface area contributed by atoms with Gasteiger partial charge in [-0.25, -0.2) is 0 Å². The Labute approximate surface area is 139 Å². The van der Waals surface area contributed by atoms with Gasteiger partial charge in [-0.05, 0) is 42.3 Å². The summed E-state index contributed by atoms with van der Waals surface area (Å²) in [6, 6.07) is 14.5. The summed E-state index contributed by atoms with van der Waals surface area (Å²) in [7, 11) is 1.48. The van der Waals surface area contributed by atoms with Crippen molar-refractivity contribution in [2.75, 3.05) is 12.4 Å². The SMILES string of the molecule is Cc1cccc(NC2=C(c3ccc(Cl)cc3)C(=O)N(C)C2=O)c1. The van der Waals surface area contributed by atoms with E-state index in [9.17, 15) is 9.59 Å². The van der Waals surface area contributed by atoms with Crippen molar-refractivity contribution in [2.24, 2.45) is 0 Å². The van der Waals surface area contributed by atoms with Crippen LogP contribution >= 0.6 is 11.6 Å². The number of hydrogen-bond donors (Lipinski definition) is 1. The van der Waals surface area contributed by atoms with Crippen molar-refractivity contribution in [3.8, 4) is 0 Å². The Kier molecular flexibility index (Phi) is 3.92. The zero-order chi connectivity index (χ0) is 16.6. The van der Waals surface area contributed by atoms with Crippen LogP contribution in [-0.2, 0) is 9.59 Å². The molecule has 1 aliphatic heterocycles. The molecule has 0 fully saturated rings. The molecule has 0 saturated heterocycles. The quantitative estimate of drug-likeness (QED) is 0.879. The van der Waals surface area contributed by atoms with Gasteiger partial charge in [-0.3, -0.25) is 14.5 Å². The second-order valence-electron chi connectivity index (χ2n) is 5.42. The van der Waals surface area contributed by atoms with Gasteiger partial charge in [0.15, 0.2) is 0 Å². The number of nitrogens with zero attached hydrogens (tertiary/aromatic N) is 1. The minimum Gasteiger partial charge on any atom is -0.350 e. The zero-order valence-electron chi connectivity index (χ0n) is 12.8. The second-order valence-corrected chi connectivity index (χ2v) is 5.86. The number of likely N-dealkylation sites (N-methyl/N-ethyl adjacent to an activating group) is 1. The summed E-state index contributed by atoms with van der Waals surface area (Å²) >= 11 is 5.90. The van der Waals surface area contributed by atoms with Crippen LogP contribution < -0.4 is 5.32 Å². The Morgan fingerprint density at radius 2 is 1.70 bits per heavy atom. The van der Waals surface area contributed by atoms with Gasteiger partial charge in [0, 0.05) is 17.8 Å². The lowest BCUT2D eigenvalue weighted by Gasteiger charge is -2.09. The summed E-state index contributed by atoms with van der Waals surface area (Å²) in [5, 5.41) is 3.67. The fourth-order valence-electron chi connectivity index (χ4n) is 2.51. The number of carbonyl (C=O) groups excluding carboxylic acids is 2. The summed E-state index contributed by atoms with van der Waals surface area (Å²) in [6.07, 6.45) is 0. The van der Waals surface area contributed by atoms with Crippen molar-refractivity contribution in [1.29, 1.82) is 0 Å². The van der Waals surface area contributed by atoms with E-state index in [1.165, 1.54) is 7.05 Å². The highest BCUT2D eigenvalue weighted by Crippen LogP contribution is 2.30. The summed E-state index contributed by atoms with van der Waals surface area (Å²) in [5.74, 6) is -0.672. The first-order valence-corrected chi connectivity index (χ1v) is 7.51. The molecule has 1 heterocycles. The van der Waals surface area contributed by atoms with E-state index < -0.39 is 0 Å². The predicted molar refractivity (Wildman–Crippen MR) is 91.0 cm³/mol. The maximum Gasteiger partial charge on any atom is 0.277 e. The monoisotopic (exact) mass is 326 g/mol. The largest absolute Gasteiger partial charge is 0.350 e. The molecule has 0 saturated carbocycles. The van der Waals surface area contributed by atoms with E-state index in [2.05, 4.69) is 5.32 Å². The van der Waals surface area contributed by atoms with Gasteiger partial charge >= 0.3 is 0 Å². The number of amides is 2. The first kappa shape index (κ1) is 15.3.